The van der Waals surface area contributed by atoms with E-state index in [1.807, 2.05) is 53.2 Å². The lowest BCUT2D eigenvalue weighted by Crippen LogP contribution is -2.41. The largest absolute Gasteiger partial charge is 0.379 e. The van der Waals surface area contributed by atoms with E-state index in [4.69, 9.17) is 14.7 Å². The van der Waals surface area contributed by atoms with Gasteiger partial charge in [0.15, 0.2) is 5.82 Å². The molecule has 9 heteroatoms. The highest BCUT2D eigenvalue weighted by Gasteiger charge is 2.28. The minimum absolute atomic E-state index is 0.311. The summed E-state index contributed by atoms with van der Waals surface area (Å²) < 4.78 is 33.3. The van der Waals surface area contributed by atoms with Crippen molar-refractivity contribution in [2.24, 2.45) is 0 Å². The van der Waals surface area contributed by atoms with Gasteiger partial charge in [-0.1, -0.05) is 30.3 Å². The van der Waals surface area contributed by atoms with Crippen LogP contribution < -0.4 is 5.32 Å². The van der Waals surface area contributed by atoms with Gasteiger partial charge in [-0.3, -0.25) is 0 Å². The molecular formula is C23H22N4O3S2. The van der Waals surface area contributed by atoms with Crippen LogP contribution in [-0.4, -0.2) is 49.0 Å². The molecule has 32 heavy (non-hydrogen) atoms. The number of hydrogen-bond acceptors (Lipinski definition) is 7. The summed E-state index contributed by atoms with van der Waals surface area (Å²) >= 11 is 1.59. The number of hydrogen-bond donors (Lipinski definition) is 1. The zero-order chi connectivity index (χ0) is 22.0. The highest BCUT2D eigenvalue weighted by Crippen LogP contribution is 2.27. The van der Waals surface area contributed by atoms with Gasteiger partial charge in [0, 0.05) is 36.0 Å². The third-order valence-electron chi connectivity index (χ3n) is 5.39. The van der Waals surface area contributed by atoms with E-state index in [1.165, 1.54) is 4.31 Å². The molecule has 0 aliphatic carbocycles. The Morgan fingerprint density at radius 1 is 1.00 bits per heavy atom. The van der Waals surface area contributed by atoms with E-state index in [9.17, 15) is 8.42 Å². The van der Waals surface area contributed by atoms with Crippen LogP contribution in [0, 0.1) is 0 Å². The molecule has 1 saturated heterocycles. The summed E-state index contributed by atoms with van der Waals surface area (Å²) in [4.78, 5) is 9.75. The van der Waals surface area contributed by atoms with Gasteiger partial charge in [0.25, 0.3) is 0 Å². The van der Waals surface area contributed by atoms with Crippen LogP contribution in [0.25, 0.3) is 22.3 Å². The standard InChI is InChI=1S/C23H22N4O3S2/c28-32(29,27-10-12-30-13-11-27)21-8-4-1-5-17(21)15-24-23-19-6-2-3-7-20(19)25-22(26-23)18-9-14-31-16-18/h1-9,14,16H,10-13,15H2,(H,24,25,26). The van der Waals surface area contributed by atoms with Crippen molar-refractivity contribution in [2.45, 2.75) is 11.4 Å². The maximum atomic E-state index is 13.3. The van der Waals surface area contributed by atoms with Crippen LogP contribution >= 0.6 is 11.3 Å². The Kier molecular flexibility index (Phi) is 5.88. The Balaban J connectivity index is 1.48. The Bertz CT molecular complexity index is 1330. The fraction of sp³-hybridized carbons (Fsp3) is 0.217. The maximum absolute atomic E-state index is 13.3. The maximum Gasteiger partial charge on any atom is 0.243 e. The molecule has 1 N–H and O–H groups in total. The summed E-state index contributed by atoms with van der Waals surface area (Å²) in [5.74, 6) is 1.32. The van der Waals surface area contributed by atoms with Crippen LogP contribution in [-0.2, 0) is 21.3 Å². The zero-order valence-corrected chi connectivity index (χ0v) is 18.9. The van der Waals surface area contributed by atoms with E-state index in [0.717, 1.165) is 16.5 Å². The summed E-state index contributed by atoms with van der Waals surface area (Å²) in [6.07, 6.45) is 0. The van der Waals surface area contributed by atoms with Gasteiger partial charge in [-0.25, -0.2) is 18.4 Å². The topological polar surface area (TPSA) is 84.4 Å². The summed E-state index contributed by atoms with van der Waals surface area (Å²) in [7, 11) is -3.60. The average molecular weight is 467 g/mol. The number of fused-ring (bicyclic) bond motifs is 1. The fourth-order valence-electron chi connectivity index (χ4n) is 3.74. The van der Waals surface area contributed by atoms with Gasteiger partial charge < -0.3 is 10.1 Å². The van der Waals surface area contributed by atoms with Crippen molar-refractivity contribution in [3.8, 4) is 11.4 Å². The highest BCUT2D eigenvalue weighted by molar-refractivity contribution is 7.89. The first-order chi connectivity index (χ1) is 15.6. The third kappa shape index (κ3) is 4.12. The van der Waals surface area contributed by atoms with Crippen LogP contribution in [0.1, 0.15) is 5.56 Å². The summed E-state index contributed by atoms with van der Waals surface area (Å²) in [6.45, 7) is 1.88. The number of para-hydroxylation sites is 1. The molecule has 1 fully saturated rings. The molecule has 0 unspecified atom stereocenters. The number of morpholine rings is 1. The molecule has 1 aliphatic heterocycles. The first-order valence-electron chi connectivity index (χ1n) is 10.3. The molecule has 0 atom stereocenters. The van der Waals surface area contributed by atoms with Crippen molar-refractivity contribution >= 4 is 38.1 Å². The lowest BCUT2D eigenvalue weighted by atomic mass is 10.2. The van der Waals surface area contributed by atoms with Crippen LogP contribution in [0.3, 0.4) is 0 Å². The monoisotopic (exact) mass is 466 g/mol. The fourth-order valence-corrected chi connectivity index (χ4v) is 6.00. The van der Waals surface area contributed by atoms with Crippen molar-refractivity contribution in [2.75, 3.05) is 31.6 Å². The van der Waals surface area contributed by atoms with Gasteiger partial charge in [-0.15, -0.1) is 0 Å². The molecular weight excluding hydrogens is 444 g/mol. The number of ether oxygens (including phenoxy) is 1. The molecule has 2 aromatic carbocycles. The Morgan fingerprint density at radius 2 is 1.78 bits per heavy atom. The molecule has 0 bridgehead atoms. The molecule has 1 aliphatic rings. The molecule has 2 aromatic heterocycles. The third-order valence-corrected chi connectivity index (χ3v) is 8.07. The second-order valence-electron chi connectivity index (χ2n) is 7.40. The van der Waals surface area contributed by atoms with Gasteiger partial charge >= 0.3 is 0 Å². The number of nitrogens with one attached hydrogen (secondary N) is 1. The van der Waals surface area contributed by atoms with Crippen LogP contribution in [0.2, 0.25) is 0 Å². The van der Waals surface area contributed by atoms with E-state index in [-0.39, 0.29) is 0 Å². The quantitative estimate of drug-likeness (QED) is 0.463. The predicted octanol–water partition coefficient (Wildman–Crippen LogP) is 3.99. The molecule has 7 nitrogen and oxygen atoms in total. The van der Waals surface area contributed by atoms with Gasteiger partial charge in [0.2, 0.25) is 10.0 Å². The van der Waals surface area contributed by atoms with E-state index >= 15 is 0 Å². The molecule has 0 saturated carbocycles. The minimum atomic E-state index is -3.60. The van der Waals surface area contributed by atoms with Gasteiger partial charge in [0.05, 0.1) is 23.6 Å². The van der Waals surface area contributed by atoms with Crippen LogP contribution in [0.4, 0.5) is 5.82 Å². The molecule has 0 radical (unpaired) electrons. The van der Waals surface area contributed by atoms with E-state index in [1.54, 1.807) is 23.5 Å². The van der Waals surface area contributed by atoms with Crippen molar-refractivity contribution in [3.63, 3.8) is 0 Å². The Morgan fingerprint density at radius 3 is 2.59 bits per heavy atom. The Hall–Kier alpha value is -2.85. The lowest BCUT2D eigenvalue weighted by Gasteiger charge is -2.27. The molecule has 0 amide bonds. The number of sulfonamides is 1. The molecule has 3 heterocycles. The predicted molar refractivity (Wildman–Crippen MR) is 126 cm³/mol. The SMILES string of the molecule is O=S(=O)(c1ccccc1CNc1nc(-c2ccsc2)nc2ccccc12)N1CCOCC1. The molecule has 0 spiro atoms. The second-order valence-corrected chi connectivity index (χ2v) is 10.1. The van der Waals surface area contributed by atoms with Crippen molar-refractivity contribution in [1.29, 1.82) is 0 Å². The molecule has 4 aromatic rings. The smallest absolute Gasteiger partial charge is 0.243 e. The zero-order valence-electron chi connectivity index (χ0n) is 17.3. The minimum Gasteiger partial charge on any atom is -0.379 e. The highest BCUT2D eigenvalue weighted by atomic mass is 32.2. The average Bonchev–Trinajstić information content (AvgIpc) is 3.38. The number of nitrogens with zero attached hydrogens (tertiary/aromatic N) is 3. The second kappa shape index (κ2) is 8.95. The van der Waals surface area contributed by atoms with Crippen LogP contribution in [0.5, 0.6) is 0 Å². The van der Waals surface area contributed by atoms with Gasteiger partial charge in [-0.2, -0.15) is 15.6 Å². The summed E-state index contributed by atoms with van der Waals surface area (Å²) in [6, 6.07) is 16.9. The summed E-state index contributed by atoms with van der Waals surface area (Å²) in [5.41, 5.74) is 2.48. The number of rotatable bonds is 6. The van der Waals surface area contributed by atoms with Crippen LogP contribution in [0.15, 0.2) is 70.3 Å². The first-order valence-corrected chi connectivity index (χ1v) is 12.7. The van der Waals surface area contributed by atoms with E-state index in [0.29, 0.717) is 54.9 Å². The normalized spacial score (nSPS) is 15.1. The molecule has 164 valence electrons. The van der Waals surface area contributed by atoms with E-state index in [2.05, 4.69) is 5.32 Å². The van der Waals surface area contributed by atoms with Crippen molar-refractivity contribution in [1.82, 2.24) is 14.3 Å². The summed E-state index contributed by atoms with van der Waals surface area (Å²) in [5, 5.41) is 8.26. The number of anilines is 1. The molecule has 5 rings (SSSR count). The lowest BCUT2D eigenvalue weighted by molar-refractivity contribution is 0.0730. The van der Waals surface area contributed by atoms with Gasteiger partial charge in [0.1, 0.15) is 5.82 Å². The number of aromatic nitrogens is 2. The number of benzene rings is 2. The van der Waals surface area contributed by atoms with Gasteiger partial charge in [-0.05, 0) is 35.2 Å². The van der Waals surface area contributed by atoms with E-state index < -0.39 is 10.0 Å². The number of thiophene rings is 1. The Labute approximate surface area is 190 Å². The van der Waals surface area contributed by atoms with Crippen molar-refractivity contribution in [3.05, 3.63) is 70.9 Å². The first kappa shape index (κ1) is 21.0. The van der Waals surface area contributed by atoms with Crippen molar-refractivity contribution < 1.29 is 13.2 Å².